The Morgan fingerprint density at radius 2 is 1.52 bits per heavy atom. The van der Waals surface area contributed by atoms with E-state index < -0.39 is 0 Å². The zero-order valence-electron chi connectivity index (χ0n) is 13.7. The van der Waals surface area contributed by atoms with E-state index in [0.29, 0.717) is 16.7 Å². The van der Waals surface area contributed by atoms with Gasteiger partial charge in [0, 0.05) is 11.6 Å². The van der Waals surface area contributed by atoms with Crippen LogP contribution in [0.2, 0.25) is 0 Å². The predicted molar refractivity (Wildman–Crippen MR) is 99.9 cm³/mol. The molecule has 3 heteroatoms. The molecule has 25 heavy (non-hydrogen) atoms. The summed E-state index contributed by atoms with van der Waals surface area (Å²) in [7, 11) is 1.64. The minimum Gasteiger partial charge on any atom is -0.497 e. The van der Waals surface area contributed by atoms with Crippen LogP contribution in [-0.4, -0.2) is 7.11 Å². The van der Waals surface area contributed by atoms with Crippen LogP contribution < -0.4 is 10.2 Å². The molecule has 0 radical (unpaired) electrons. The van der Waals surface area contributed by atoms with Gasteiger partial charge in [-0.25, -0.2) is 0 Å². The van der Waals surface area contributed by atoms with Gasteiger partial charge >= 0.3 is 0 Å². The number of hydrogen-bond donors (Lipinski definition) is 0. The highest BCUT2D eigenvalue weighted by molar-refractivity contribution is 5.84. The van der Waals surface area contributed by atoms with Crippen molar-refractivity contribution in [3.8, 4) is 28.2 Å². The average Bonchev–Trinajstić information content (AvgIpc) is 2.68. The molecule has 1 heterocycles. The van der Waals surface area contributed by atoms with Crippen molar-refractivity contribution >= 4 is 11.0 Å². The van der Waals surface area contributed by atoms with Crippen molar-refractivity contribution in [3.63, 3.8) is 0 Å². The molecule has 0 fully saturated rings. The summed E-state index contributed by atoms with van der Waals surface area (Å²) in [5, 5.41) is 0.569. The summed E-state index contributed by atoms with van der Waals surface area (Å²) in [6.45, 7) is 0. The van der Waals surface area contributed by atoms with Gasteiger partial charge in [-0.2, -0.15) is 0 Å². The summed E-state index contributed by atoms with van der Waals surface area (Å²) in [5.41, 5.74) is 3.36. The van der Waals surface area contributed by atoms with E-state index in [0.717, 1.165) is 22.4 Å². The van der Waals surface area contributed by atoms with E-state index in [1.807, 2.05) is 72.8 Å². The van der Waals surface area contributed by atoms with Gasteiger partial charge in [-0.15, -0.1) is 0 Å². The van der Waals surface area contributed by atoms with Gasteiger partial charge < -0.3 is 9.15 Å². The van der Waals surface area contributed by atoms with Crippen molar-refractivity contribution in [2.75, 3.05) is 7.11 Å². The Bertz CT molecular complexity index is 1090. The third-order valence-electron chi connectivity index (χ3n) is 4.19. The van der Waals surface area contributed by atoms with E-state index in [1.165, 1.54) is 0 Å². The number of methoxy groups -OCH3 is 1. The van der Waals surface area contributed by atoms with Crippen molar-refractivity contribution < 1.29 is 9.15 Å². The Hall–Kier alpha value is -3.33. The fourth-order valence-corrected chi connectivity index (χ4v) is 2.88. The molecule has 0 saturated heterocycles. The molecule has 0 atom stereocenters. The van der Waals surface area contributed by atoms with Gasteiger partial charge in [-0.05, 0) is 35.4 Å². The summed E-state index contributed by atoms with van der Waals surface area (Å²) in [5.74, 6) is 1.36. The normalized spacial score (nSPS) is 10.8. The summed E-state index contributed by atoms with van der Waals surface area (Å²) in [4.78, 5) is 12.6. The lowest BCUT2D eigenvalue weighted by atomic mass is 10.0. The van der Waals surface area contributed by atoms with Gasteiger partial charge in [0.1, 0.15) is 17.1 Å². The van der Waals surface area contributed by atoms with Gasteiger partial charge in [-0.3, -0.25) is 4.79 Å². The van der Waals surface area contributed by atoms with Crippen LogP contribution >= 0.6 is 0 Å². The second-order valence-electron chi connectivity index (χ2n) is 5.78. The van der Waals surface area contributed by atoms with E-state index in [-0.39, 0.29) is 5.43 Å². The highest BCUT2D eigenvalue weighted by Crippen LogP contribution is 2.28. The SMILES string of the molecule is COc1cccc(-c2ccc3oc(-c4ccccc4)cc(=O)c3c2)c1. The van der Waals surface area contributed by atoms with Crippen LogP contribution in [0, 0.1) is 0 Å². The van der Waals surface area contributed by atoms with Crippen LogP contribution in [-0.2, 0) is 0 Å². The Balaban J connectivity index is 1.84. The van der Waals surface area contributed by atoms with Gasteiger partial charge in [0.2, 0.25) is 0 Å². The molecular formula is C22H16O3. The highest BCUT2D eigenvalue weighted by Gasteiger charge is 2.09. The molecule has 0 saturated carbocycles. The number of benzene rings is 3. The topological polar surface area (TPSA) is 39.4 Å². The fourth-order valence-electron chi connectivity index (χ4n) is 2.88. The van der Waals surface area contributed by atoms with Gasteiger partial charge in [0.05, 0.1) is 12.5 Å². The van der Waals surface area contributed by atoms with Gasteiger partial charge in [0.25, 0.3) is 0 Å². The first-order valence-electron chi connectivity index (χ1n) is 8.02. The predicted octanol–water partition coefficient (Wildman–Crippen LogP) is 5.14. The molecule has 0 spiro atoms. The average molecular weight is 328 g/mol. The first-order chi connectivity index (χ1) is 12.2. The Morgan fingerprint density at radius 1 is 0.760 bits per heavy atom. The van der Waals surface area contributed by atoms with Crippen LogP contribution in [0.4, 0.5) is 0 Å². The Morgan fingerprint density at radius 3 is 2.32 bits per heavy atom. The Kier molecular flexibility index (Phi) is 3.82. The first kappa shape index (κ1) is 15.2. The molecule has 122 valence electrons. The number of rotatable bonds is 3. The molecule has 1 aromatic heterocycles. The number of ether oxygens (including phenoxy) is 1. The van der Waals surface area contributed by atoms with E-state index in [4.69, 9.17) is 9.15 Å². The van der Waals surface area contributed by atoms with E-state index in [9.17, 15) is 4.79 Å². The quantitative estimate of drug-likeness (QED) is 0.523. The van der Waals surface area contributed by atoms with Crippen LogP contribution in [0.1, 0.15) is 0 Å². The Labute approximate surface area is 145 Å². The standard InChI is InChI=1S/C22H16O3/c1-24-18-9-5-8-16(12-18)17-10-11-21-19(13-17)20(23)14-22(25-21)15-6-3-2-4-7-15/h2-14H,1H3. The fraction of sp³-hybridized carbons (Fsp3) is 0.0455. The lowest BCUT2D eigenvalue weighted by molar-refractivity contribution is 0.415. The molecule has 0 unspecified atom stereocenters. The van der Waals surface area contributed by atoms with Crippen LogP contribution in [0.25, 0.3) is 33.4 Å². The minimum absolute atomic E-state index is 0.0511. The third-order valence-corrected chi connectivity index (χ3v) is 4.19. The first-order valence-corrected chi connectivity index (χ1v) is 8.02. The maximum atomic E-state index is 12.6. The molecule has 0 aliphatic heterocycles. The van der Waals surface area contributed by atoms with E-state index >= 15 is 0 Å². The largest absolute Gasteiger partial charge is 0.497 e. The van der Waals surface area contributed by atoms with Crippen molar-refractivity contribution in [3.05, 3.63) is 89.1 Å². The molecular weight excluding hydrogens is 312 g/mol. The van der Waals surface area contributed by atoms with Crippen molar-refractivity contribution in [1.29, 1.82) is 0 Å². The van der Waals surface area contributed by atoms with Crippen molar-refractivity contribution in [2.45, 2.75) is 0 Å². The molecule has 4 aromatic rings. The molecule has 3 nitrogen and oxygen atoms in total. The summed E-state index contributed by atoms with van der Waals surface area (Å²) in [6, 6.07) is 24.6. The van der Waals surface area contributed by atoms with Crippen LogP contribution in [0.5, 0.6) is 5.75 Å². The molecule has 0 N–H and O–H groups in total. The van der Waals surface area contributed by atoms with Gasteiger partial charge in [-0.1, -0.05) is 48.5 Å². The van der Waals surface area contributed by atoms with Crippen molar-refractivity contribution in [1.82, 2.24) is 0 Å². The lowest BCUT2D eigenvalue weighted by Crippen LogP contribution is -2.00. The second kappa shape index (κ2) is 6.29. The van der Waals surface area contributed by atoms with E-state index in [1.54, 1.807) is 13.2 Å². The summed E-state index contributed by atoms with van der Waals surface area (Å²) >= 11 is 0. The number of fused-ring (bicyclic) bond motifs is 1. The molecule has 4 rings (SSSR count). The third kappa shape index (κ3) is 2.92. The maximum Gasteiger partial charge on any atom is 0.193 e. The van der Waals surface area contributed by atoms with Gasteiger partial charge in [0.15, 0.2) is 5.43 Å². The summed E-state index contributed by atoms with van der Waals surface area (Å²) in [6.07, 6.45) is 0. The zero-order chi connectivity index (χ0) is 17.2. The van der Waals surface area contributed by atoms with E-state index in [2.05, 4.69) is 0 Å². The summed E-state index contributed by atoms with van der Waals surface area (Å²) < 4.78 is 11.2. The minimum atomic E-state index is -0.0511. The molecule has 0 amide bonds. The molecule has 0 aliphatic rings. The zero-order valence-corrected chi connectivity index (χ0v) is 13.7. The van der Waals surface area contributed by atoms with Crippen LogP contribution in [0.3, 0.4) is 0 Å². The molecule has 3 aromatic carbocycles. The van der Waals surface area contributed by atoms with Crippen molar-refractivity contribution in [2.24, 2.45) is 0 Å². The molecule has 0 aliphatic carbocycles. The maximum absolute atomic E-state index is 12.6. The second-order valence-corrected chi connectivity index (χ2v) is 5.78. The van der Waals surface area contributed by atoms with Crippen LogP contribution in [0.15, 0.2) is 88.1 Å². The highest BCUT2D eigenvalue weighted by atomic mass is 16.5. The monoisotopic (exact) mass is 328 g/mol. The lowest BCUT2D eigenvalue weighted by Gasteiger charge is -2.07. The molecule has 0 bridgehead atoms. The smallest absolute Gasteiger partial charge is 0.193 e. The number of hydrogen-bond acceptors (Lipinski definition) is 3.